The van der Waals surface area contributed by atoms with E-state index in [1.54, 1.807) is 42.5 Å². The van der Waals surface area contributed by atoms with Gasteiger partial charge in [-0.05, 0) is 65.4 Å². The zero-order valence-electron chi connectivity index (χ0n) is 24.8. The van der Waals surface area contributed by atoms with Crippen LogP contribution in [0.4, 0.5) is 10.1 Å². The van der Waals surface area contributed by atoms with Crippen molar-refractivity contribution in [3.8, 4) is 16.9 Å². The molecule has 0 bridgehead atoms. The Balaban J connectivity index is 1.23. The van der Waals surface area contributed by atoms with E-state index in [9.17, 15) is 35.0 Å². The minimum atomic E-state index is -1.47. The molecular weight excluding hydrogens is 609 g/mol. The zero-order chi connectivity index (χ0) is 32.5. The van der Waals surface area contributed by atoms with Gasteiger partial charge in [0, 0.05) is 17.2 Å². The second-order valence-corrected chi connectivity index (χ2v) is 12.3. The van der Waals surface area contributed by atoms with Crippen molar-refractivity contribution in [2.75, 3.05) is 11.5 Å². The Morgan fingerprint density at radius 1 is 0.826 bits per heavy atom. The highest BCUT2D eigenvalue weighted by atomic mass is 32.1. The van der Waals surface area contributed by atoms with Crippen molar-refractivity contribution in [1.29, 1.82) is 0 Å². The fraction of sp³-hybridized carbons (Fsp3) is 0.306. The quantitative estimate of drug-likeness (QED) is 0.143. The van der Waals surface area contributed by atoms with Crippen molar-refractivity contribution in [1.82, 2.24) is 0 Å². The summed E-state index contributed by atoms with van der Waals surface area (Å²) >= 11 is 5.86. The third kappa shape index (κ3) is 6.17. The highest BCUT2D eigenvalue weighted by Crippen LogP contribution is 2.49. The monoisotopic (exact) mass is 645 g/mol. The van der Waals surface area contributed by atoms with Crippen LogP contribution in [-0.2, 0) is 4.74 Å². The van der Waals surface area contributed by atoms with Crippen LogP contribution in [0.2, 0.25) is 0 Å². The number of halogens is 1. The van der Waals surface area contributed by atoms with Crippen LogP contribution in [0.1, 0.15) is 47.8 Å². The van der Waals surface area contributed by atoms with E-state index < -0.39 is 43.2 Å². The predicted molar refractivity (Wildman–Crippen MR) is 175 cm³/mol. The first-order valence-electron chi connectivity index (χ1n) is 15.2. The molecule has 0 saturated carbocycles. The molecule has 1 unspecified atom stereocenters. The van der Waals surface area contributed by atoms with Gasteiger partial charge in [-0.15, -0.1) is 0 Å². The lowest BCUT2D eigenvalue weighted by Gasteiger charge is -2.50. The highest BCUT2D eigenvalue weighted by Gasteiger charge is 2.46. The standard InChI is InChI=1S/C36H36FNO7S/c37-24-13-10-21(11-14-24)28(40)17-16-27-31(38(36(27)46)25-4-2-1-3-5-25)26-15-12-23(18-29(26)41)20-6-8-22(9-7-20)35-34(44)33(43)32(42)30(19-39)45-35/h1-15,18,27-28,30-35,39-44H,16-17,19H2/t27-,28+,30-,31-,32-,33+,34-,35?/m1/s1. The van der Waals surface area contributed by atoms with Gasteiger partial charge in [-0.1, -0.05) is 78.9 Å². The summed E-state index contributed by atoms with van der Waals surface area (Å²) < 4.78 is 19.1. The maximum Gasteiger partial charge on any atom is 0.123 e. The smallest absolute Gasteiger partial charge is 0.123 e. The Bertz CT molecular complexity index is 1650. The molecule has 0 spiro atoms. The largest absolute Gasteiger partial charge is 0.508 e. The summed E-state index contributed by atoms with van der Waals surface area (Å²) in [4.78, 5) is 2.74. The number of rotatable bonds is 9. The number of hydrogen-bond acceptors (Lipinski definition) is 8. The van der Waals surface area contributed by atoms with Crippen molar-refractivity contribution in [2.24, 2.45) is 5.92 Å². The number of anilines is 1. The molecule has 0 amide bonds. The average Bonchev–Trinajstić information content (AvgIpc) is 3.07. The molecule has 6 rings (SSSR count). The SMILES string of the molecule is OC[C@H]1OC(c2ccc(-c3ccc([C@@H]4[C@@H](CC[C@H](O)c5ccc(F)cc5)C(=S)N4c4ccccc4)c(O)c3)cc2)[C@H](O)[C@@H](O)[C@@H]1O. The lowest BCUT2D eigenvalue weighted by molar-refractivity contribution is -0.231. The molecule has 4 aromatic rings. The minimum absolute atomic E-state index is 0.0908. The van der Waals surface area contributed by atoms with Gasteiger partial charge in [0.1, 0.15) is 42.1 Å². The molecule has 0 aromatic heterocycles. The van der Waals surface area contributed by atoms with Crippen LogP contribution in [0.3, 0.4) is 0 Å². The van der Waals surface area contributed by atoms with Crippen molar-refractivity contribution < 1.29 is 39.8 Å². The average molecular weight is 646 g/mol. The van der Waals surface area contributed by atoms with Gasteiger partial charge < -0.3 is 40.3 Å². The summed E-state index contributed by atoms with van der Waals surface area (Å²) in [7, 11) is 0. The van der Waals surface area contributed by atoms with Crippen molar-refractivity contribution in [3.05, 3.63) is 120 Å². The van der Waals surface area contributed by atoms with E-state index in [0.29, 0.717) is 29.5 Å². The molecule has 8 nitrogen and oxygen atoms in total. The Morgan fingerprint density at radius 2 is 1.50 bits per heavy atom. The first kappa shape index (κ1) is 32.2. The molecule has 0 radical (unpaired) electrons. The maximum absolute atomic E-state index is 13.4. The second-order valence-electron chi connectivity index (χ2n) is 11.9. The number of phenolic OH excluding ortho intramolecular Hbond substituents is 1. The van der Waals surface area contributed by atoms with Gasteiger partial charge in [0.05, 0.1) is 23.7 Å². The van der Waals surface area contributed by atoms with Gasteiger partial charge in [-0.3, -0.25) is 0 Å². The molecule has 2 heterocycles. The topological polar surface area (TPSA) is 134 Å². The van der Waals surface area contributed by atoms with Crippen LogP contribution in [-0.4, -0.2) is 66.7 Å². The lowest BCUT2D eigenvalue weighted by atomic mass is 9.78. The number of ether oxygens (including phenoxy) is 1. The van der Waals surface area contributed by atoms with Crippen LogP contribution in [0.5, 0.6) is 5.75 Å². The second kappa shape index (κ2) is 13.5. The van der Waals surface area contributed by atoms with E-state index >= 15 is 0 Å². The molecule has 2 aliphatic heterocycles. The number of aliphatic hydroxyl groups is 5. The van der Waals surface area contributed by atoms with Crippen LogP contribution >= 0.6 is 12.2 Å². The van der Waals surface area contributed by atoms with E-state index in [4.69, 9.17) is 17.0 Å². The number of nitrogens with zero attached hydrogens (tertiary/aromatic N) is 1. The minimum Gasteiger partial charge on any atom is -0.508 e. The summed E-state index contributed by atoms with van der Waals surface area (Å²) in [5.74, 6) is -0.397. The van der Waals surface area contributed by atoms with Gasteiger partial charge in [0.25, 0.3) is 0 Å². The van der Waals surface area contributed by atoms with Gasteiger partial charge in [0.2, 0.25) is 0 Å². The molecule has 2 aliphatic rings. The Kier molecular flexibility index (Phi) is 9.49. The number of phenols is 1. The van der Waals surface area contributed by atoms with Crippen molar-refractivity contribution in [2.45, 2.75) is 55.5 Å². The normalized spacial score (nSPS) is 26.9. The number of aliphatic hydroxyl groups excluding tert-OH is 5. The van der Waals surface area contributed by atoms with Gasteiger partial charge >= 0.3 is 0 Å². The molecule has 2 saturated heterocycles. The number of benzene rings is 4. The summed E-state index contributed by atoms with van der Waals surface area (Å²) in [6.07, 6.45) is -6.03. The summed E-state index contributed by atoms with van der Waals surface area (Å²) in [6.45, 7) is -0.506. The third-order valence-electron chi connectivity index (χ3n) is 9.07. The predicted octanol–water partition coefficient (Wildman–Crippen LogP) is 4.73. The van der Waals surface area contributed by atoms with E-state index in [0.717, 1.165) is 21.8 Å². The number of hydrogen-bond donors (Lipinski definition) is 6. The Labute approximate surface area is 271 Å². The van der Waals surface area contributed by atoms with Crippen LogP contribution < -0.4 is 4.90 Å². The van der Waals surface area contributed by atoms with Crippen molar-refractivity contribution >= 4 is 22.9 Å². The zero-order valence-corrected chi connectivity index (χ0v) is 25.6. The summed E-state index contributed by atoms with van der Waals surface area (Å²) in [6, 6.07) is 27.8. The molecule has 10 heteroatoms. The first-order chi connectivity index (χ1) is 22.2. The summed E-state index contributed by atoms with van der Waals surface area (Å²) in [5.41, 5.74) is 4.33. The molecule has 46 heavy (non-hydrogen) atoms. The lowest BCUT2D eigenvalue weighted by Crippen LogP contribution is -2.55. The van der Waals surface area contributed by atoms with Crippen LogP contribution in [0, 0.1) is 11.7 Å². The molecule has 240 valence electrons. The van der Waals surface area contributed by atoms with Crippen LogP contribution in [0.15, 0.2) is 97.1 Å². The fourth-order valence-electron chi connectivity index (χ4n) is 6.47. The van der Waals surface area contributed by atoms with E-state index in [-0.39, 0.29) is 23.5 Å². The summed E-state index contributed by atoms with van der Waals surface area (Å²) in [5, 5.41) is 62.5. The van der Waals surface area contributed by atoms with Crippen LogP contribution in [0.25, 0.3) is 11.1 Å². The van der Waals surface area contributed by atoms with Gasteiger partial charge in [-0.25, -0.2) is 4.39 Å². The van der Waals surface area contributed by atoms with Gasteiger partial charge in [0.15, 0.2) is 0 Å². The molecule has 8 atom stereocenters. The van der Waals surface area contributed by atoms with E-state index in [1.807, 2.05) is 47.4 Å². The number of aromatic hydroxyl groups is 1. The van der Waals surface area contributed by atoms with E-state index in [1.165, 1.54) is 12.1 Å². The maximum atomic E-state index is 13.4. The van der Waals surface area contributed by atoms with Gasteiger partial charge in [-0.2, -0.15) is 0 Å². The van der Waals surface area contributed by atoms with E-state index in [2.05, 4.69) is 0 Å². The number of para-hydroxylation sites is 1. The fourth-order valence-corrected chi connectivity index (χ4v) is 6.93. The third-order valence-corrected chi connectivity index (χ3v) is 9.57. The Hall–Kier alpha value is -3.74. The molecule has 2 fully saturated rings. The molecule has 4 aromatic carbocycles. The highest BCUT2D eigenvalue weighted by molar-refractivity contribution is 7.80. The molecule has 0 aliphatic carbocycles. The van der Waals surface area contributed by atoms with Crippen molar-refractivity contribution in [3.63, 3.8) is 0 Å². The first-order valence-corrected chi connectivity index (χ1v) is 15.6. The number of thiocarbonyl (C=S) groups is 1. The molecule has 6 N–H and O–H groups in total. The molecular formula is C36H36FNO7S. The Morgan fingerprint density at radius 3 is 2.15 bits per heavy atom.